The van der Waals surface area contributed by atoms with Crippen molar-refractivity contribution in [2.75, 3.05) is 0 Å². The molecule has 0 aliphatic rings. The van der Waals surface area contributed by atoms with Gasteiger partial charge >= 0.3 is 10.2 Å². The lowest BCUT2D eigenvalue weighted by atomic mass is 10.2. The van der Waals surface area contributed by atoms with Gasteiger partial charge in [-0.05, 0) is 24.1 Å². The molecule has 1 aromatic rings. The van der Waals surface area contributed by atoms with E-state index in [9.17, 15) is 19.4 Å². The van der Waals surface area contributed by atoms with Crippen LogP contribution in [0.4, 0.5) is 19.4 Å². The van der Waals surface area contributed by atoms with Crippen LogP contribution in [0.25, 0.3) is 0 Å². The first-order chi connectivity index (χ1) is 6.03. The van der Waals surface area contributed by atoms with Gasteiger partial charge in [0.1, 0.15) is 4.90 Å². The van der Waals surface area contributed by atoms with Gasteiger partial charge < -0.3 is 0 Å². The van der Waals surface area contributed by atoms with E-state index in [0.29, 0.717) is 18.6 Å². The average Bonchev–Trinajstić information content (AvgIpc) is 2.01. The van der Waals surface area contributed by atoms with Gasteiger partial charge in [-0.25, -0.2) is 0 Å². The van der Waals surface area contributed by atoms with Crippen LogP contribution in [-0.4, -0.2) is 0 Å². The highest BCUT2D eigenvalue weighted by Gasteiger charge is 2.65. The van der Waals surface area contributed by atoms with Crippen LogP contribution in [0.1, 0.15) is 12.5 Å². The van der Waals surface area contributed by atoms with Gasteiger partial charge in [-0.2, -0.15) is 0 Å². The quantitative estimate of drug-likeness (QED) is 0.636. The van der Waals surface area contributed by atoms with Gasteiger partial charge in [0.05, 0.1) is 0 Å². The molecule has 0 aliphatic carbocycles. The fourth-order valence-corrected chi connectivity index (χ4v) is 1.72. The second-order valence-electron chi connectivity index (χ2n) is 2.97. The minimum atomic E-state index is -9.48. The van der Waals surface area contributed by atoms with Crippen molar-refractivity contribution in [3.63, 3.8) is 0 Å². The molecule has 0 nitrogen and oxygen atoms in total. The summed E-state index contributed by atoms with van der Waals surface area (Å²) in [6.45, 7) is 1.60. The molecule has 1 rings (SSSR count). The second kappa shape index (κ2) is 2.42. The number of hydrogen-bond donors (Lipinski definition) is 0. The molecule has 0 saturated heterocycles. The summed E-state index contributed by atoms with van der Waals surface area (Å²) in [5.41, 5.74) is 0.246. The summed E-state index contributed by atoms with van der Waals surface area (Å²) in [4.78, 5) is -1.82. The SMILES string of the molecule is CCc1cccc(S(F)(F)(F)(F)F)c1. The summed E-state index contributed by atoms with van der Waals surface area (Å²) < 4.78 is 61.3. The summed E-state index contributed by atoms with van der Waals surface area (Å²) in [5.74, 6) is 0. The number of hydrogen-bond acceptors (Lipinski definition) is 0. The number of rotatable bonds is 2. The Labute approximate surface area is 78.5 Å². The Kier molecular flexibility index (Phi) is 1.95. The maximum absolute atomic E-state index is 12.3. The van der Waals surface area contributed by atoms with Crippen LogP contribution in [0.15, 0.2) is 29.2 Å². The van der Waals surface area contributed by atoms with Crippen LogP contribution in [0.5, 0.6) is 0 Å². The highest BCUT2D eigenvalue weighted by molar-refractivity contribution is 8.45. The molecule has 14 heavy (non-hydrogen) atoms. The lowest BCUT2D eigenvalue weighted by Gasteiger charge is -2.40. The van der Waals surface area contributed by atoms with Crippen molar-refractivity contribution in [2.24, 2.45) is 0 Å². The molecule has 0 aromatic heterocycles. The summed E-state index contributed by atoms with van der Waals surface area (Å²) in [6, 6.07) is 3.28. The first-order valence-electron chi connectivity index (χ1n) is 3.86. The maximum atomic E-state index is 12.3. The van der Waals surface area contributed by atoms with E-state index >= 15 is 0 Å². The molecule has 0 bridgehead atoms. The van der Waals surface area contributed by atoms with Gasteiger partial charge in [-0.3, -0.25) is 0 Å². The summed E-state index contributed by atoms with van der Waals surface area (Å²) >= 11 is 0. The van der Waals surface area contributed by atoms with Crippen molar-refractivity contribution >= 4 is 10.2 Å². The van der Waals surface area contributed by atoms with Crippen LogP contribution < -0.4 is 0 Å². The minimum Gasteiger partial charge on any atom is -0.0936 e. The van der Waals surface area contributed by atoms with Gasteiger partial charge in [0.25, 0.3) is 0 Å². The van der Waals surface area contributed by atoms with E-state index in [1.807, 2.05) is 0 Å². The van der Waals surface area contributed by atoms with Crippen LogP contribution in [0.2, 0.25) is 0 Å². The zero-order valence-electron chi connectivity index (χ0n) is 7.31. The van der Waals surface area contributed by atoms with Crippen LogP contribution in [-0.2, 0) is 6.42 Å². The first kappa shape index (κ1) is 11.3. The van der Waals surface area contributed by atoms with Crippen LogP contribution in [0, 0.1) is 0 Å². The Balaban J connectivity index is 3.35. The highest BCUT2D eigenvalue weighted by atomic mass is 32.5. The monoisotopic (exact) mass is 232 g/mol. The van der Waals surface area contributed by atoms with E-state index in [4.69, 9.17) is 0 Å². The molecule has 0 heterocycles. The summed E-state index contributed by atoms with van der Waals surface area (Å²) in [5, 5.41) is 0. The van der Waals surface area contributed by atoms with E-state index in [0.717, 1.165) is 6.07 Å². The zero-order chi connectivity index (χ0) is 11.1. The maximum Gasteiger partial charge on any atom is 0.310 e. The molecule has 0 N–H and O–H groups in total. The molecule has 82 valence electrons. The third-order valence-electron chi connectivity index (χ3n) is 1.75. The van der Waals surface area contributed by atoms with Gasteiger partial charge in [-0.1, -0.05) is 38.5 Å². The predicted octanol–water partition coefficient (Wildman–Crippen LogP) is 4.91. The van der Waals surface area contributed by atoms with Crippen LogP contribution in [0.3, 0.4) is 0 Å². The van der Waals surface area contributed by atoms with Gasteiger partial charge in [0.15, 0.2) is 0 Å². The third-order valence-corrected chi connectivity index (χ3v) is 2.90. The van der Waals surface area contributed by atoms with E-state index in [2.05, 4.69) is 0 Å². The molecule has 1 aromatic carbocycles. The van der Waals surface area contributed by atoms with E-state index in [1.165, 1.54) is 6.07 Å². The van der Waals surface area contributed by atoms with Crippen molar-refractivity contribution in [2.45, 2.75) is 18.2 Å². The van der Waals surface area contributed by atoms with E-state index in [-0.39, 0.29) is 5.56 Å². The number of halogens is 5. The van der Waals surface area contributed by atoms with Crippen molar-refractivity contribution in [3.05, 3.63) is 29.8 Å². The summed E-state index contributed by atoms with van der Waals surface area (Å²) in [7, 11) is -9.48. The minimum absolute atomic E-state index is 0.246. The molecule has 0 spiro atoms. The molecule has 0 saturated carbocycles. The standard InChI is InChI=1S/C8H9F5S/c1-2-7-4-3-5-8(6-7)14(9,10,11,12)13/h3-6H,2H2,1H3. The molecular formula is C8H9F5S. The number of aryl methyl sites for hydroxylation is 1. The molecule has 0 aliphatic heterocycles. The average molecular weight is 232 g/mol. The topological polar surface area (TPSA) is 0 Å². The first-order valence-corrected chi connectivity index (χ1v) is 5.81. The smallest absolute Gasteiger partial charge is 0.0936 e. The Morgan fingerprint density at radius 3 is 2.07 bits per heavy atom. The van der Waals surface area contributed by atoms with Crippen LogP contribution >= 0.6 is 10.2 Å². The van der Waals surface area contributed by atoms with E-state index in [1.54, 1.807) is 6.92 Å². The molecule has 0 amide bonds. The second-order valence-corrected chi connectivity index (χ2v) is 5.38. The van der Waals surface area contributed by atoms with Crippen molar-refractivity contribution < 1.29 is 19.4 Å². The Morgan fingerprint density at radius 1 is 1.07 bits per heavy atom. The number of benzene rings is 1. The third kappa shape index (κ3) is 2.60. The molecule has 0 radical (unpaired) electrons. The predicted molar refractivity (Wildman–Crippen MR) is 47.2 cm³/mol. The van der Waals surface area contributed by atoms with Crippen molar-refractivity contribution in [3.8, 4) is 0 Å². The highest BCUT2D eigenvalue weighted by Crippen LogP contribution is 3.02. The molecular weight excluding hydrogens is 223 g/mol. The fourth-order valence-electron chi connectivity index (χ4n) is 1.01. The van der Waals surface area contributed by atoms with Crippen molar-refractivity contribution in [1.82, 2.24) is 0 Å². The Morgan fingerprint density at radius 2 is 1.64 bits per heavy atom. The molecule has 0 fully saturated rings. The van der Waals surface area contributed by atoms with Gasteiger partial charge in [0.2, 0.25) is 0 Å². The normalized spacial score (nSPS) is 17.3. The Bertz CT molecular complexity index is 352. The zero-order valence-corrected chi connectivity index (χ0v) is 8.13. The van der Waals surface area contributed by atoms with E-state index < -0.39 is 15.1 Å². The lowest BCUT2D eigenvalue weighted by molar-refractivity contribution is 0.364. The summed E-state index contributed by atoms with van der Waals surface area (Å²) in [6.07, 6.45) is 0.293. The largest absolute Gasteiger partial charge is 0.310 e. The molecule has 6 heteroatoms. The fraction of sp³-hybridized carbons (Fsp3) is 0.250. The molecule has 0 atom stereocenters. The van der Waals surface area contributed by atoms with Gasteiger partial charge in [-0.15, -0.1) is 0 Å². The molecule has 0 unspecified atom stereocenters. The van der Waals surface area contributed by atoms with Crippen molar-refractivity contribution in [1.29, 1.82) is 0 Å². The van der Waals surface area contributed by atoms with Gasteiger partial charge in [0, 0.05) is 0 Å². The lowest BCUT2D eigenvalue weighted by Crippen LogP contribution is -2.06. The Hall–Kier alpha value is -0.780.